The number of carbonyl (C=O) groups is 1. The Labute approximate surface area is 141 Å². The lowest BCUT2D eigenvalue weighted by Crippen LogP contribution is -2.55. The average molecular weight is 366 g/mol. The number of hydrogen-bond donors (Lipinski definition) is 1. The number of piperazine rings is 1. The van der Waals surface area contributed by atoms with Crippen molar-refractivity contribution in [3.63, 3.8) is 0 Å². The molecule has 0 saturated carbocycles. The number of amides is 1. The molecule has 0 aromatic rings. The van der Waals surface area contributed by atoms with E-state index in [9.17, 15) is 18.0 Å². The molecule has 0 aromatic heterocycles. The van der Waals surface area contributed by atoms with E-state index in [1.54, 1.807) is 4.90 Å². The first-order valence-corrected chi connectivity index (χ1v) is 7.20. The van der Waals surface area contributed by atoms with Crippen LogP contribution in [0.5, 0.6) is 0 Å². The van der Waals surface area contributed by atoms with E-state index in [0.717, 1.165) is 19.4 Å². The van der Waals surface area contributed by atoms with Gasteiger partial charge in [0.15, 0.2) is 0 Å². The van der Waals surface area contributed by atoms with Gasteiger partial charge in [0.25, 0.3) is 0 Å². The lowest BCUT2D eigenvalue weighted by Gasteiger charge is -2.38. The molecule has 0 aliphatic carbocycles. The number of hydrogen-bond acceptors (Lipinski definition) is 3. The Morgan fingerprint density at radius 1 is 1.23 bits per heavy atom. The van der Waals surface area contributed by atoms with Crippen LogP contribution in [0.3, 0.4) is 0 Å². The number of carbonyl (C=O) groups excluding carboxylic acids is 1. The molecule has 2 unspecified atom stereocenters. The standard InChI is InChI=1S/C13H22F3N3O.2ClH/c1-10(13(14,15)16)18-5-7-19(8-6-18)12(20)9-11-3-2-4-17-11;;/h10-11,17H,2-9H2,1H3;2*1H. The van der Waals surface area contributed by atoms with Gasteiger partial charge in [0.2, 0.25) is 5.91 Å². The highest BCUT2D eigenvalue weighted by molar-refractivity contribution is 5.85. The van der Waals surface area contributed by atoms with Crippen molar-refractivity contribution in [3.05, 3.63) is 0 Å². The maximum atomic E-state index is 12.6. The summed E-state index contributed by atoms with van der Waals surface area (Å²) in [4.78, 5) is 15.2. The second-order valence-corrected chi connectivity index (χ2v) is 5.63. The second-order valence-electron chi connectivity index (χ2n) is 5.63. The van der Waals surface area contributed by atoms with Gasteiger partial charge in [0.05, 0.1) is 0 Å². The molecular weight excluding hydrogens is 342 g/mol. The summed E-state index contributed by atoms with van der Waals surface area (Å²) in [5, 5.41) is 3.27. The summed E-state index contributed by atoms with van der Waals surface area (Å²) in [6.07, 6.45) is -1.62. The Balaban J connectivity index is 0.00000220. The predicted octanol–water partition coefficient (Wildman–Crippen LogP) is 2.07. The minimum Gasteiger partial charge on any atom is -0.340 e. The molecule has 1 amide bonds. The van der Waals surface area contributed by atoms with Gasteiger partial charge in [-0.2, -0.15) is 13.2 Å². The molecule has 2 aliphatic heterocycles. The van der Waals surface area contributed by atoms with E-state index in [1.165, 1.54) is 11.8 Å². The Hall–Kier alpha value is -0.240. The van der Waals surface area contributed by atoms with Crippen molar-refractivity contribution in [3.8, 4) is 0 Å². The molecule has 2 atom stereocenters. The quantitative estimate of drug-likeness (QED) is 0.831. The van der Waals surface area contributed by atoms with Crippen molar-refractivity contribution >= 4 is 30.7 Å². The third-order valence-electron chi connectivity index (χ3n) is 4.27. The Morgan fingerprint density at radius 2 is 1.82 bits per heavy atom. The van der Waals surface area contributed by atoms with Crippen LogP contribution in [0.25, 0.3) is 0 Å². The fraction of sp³-hybridized carbons (Fsp3) is 0.923. The van der Waals surface area contributed by atoms with Gasteiger partial charge in [-0.15, -0.1) is 24.8 Å². The molecular formula is C13H24Cl2F3N3O. The first-order chi connectivity index (χ1) is 9.38. The molecule has 0 spiro atoms. The lowest BCUT2D eigenvalue weighted by molar-refractivity contribution is -0.183. The largest absolute Gasteiger partial charge is 0.403 e. The van der Waals surface area contributed by atoms with Gasteiger partial charge in [0.1, 0.15) is 6.04 Å². The summed E-state index contributed by atoms with van der Waals surface area (Å²) >= 11 is 0. The van der Waals surface area contributed by atoms with E-state index < -0.39 is 12.2 Å². The van der Waals surface area contributed by atoms with Gasteiger partial charge in [-0.3, -0.25) is 9.69 Å². The zero-order chi connectivity index (χ0) is 14.8. The van der Waals surface area contributed by atoms with E-state index >= 15 is 0 Å². The maximum absolute atomic E-state index is 12.6. The van der Waals surface area contributed by atoms with E-state index in [1.807, 2.05) is 0 Å². The predicted molar refractivity (Wildman–Crippen MR) is 83.8 cm³/mol. The molecule has 2 heterocycles. The molecule has 132 valence electrons. The van der Waals surface area contributed by atoms with Crippen molar-refractivity contribution in [2.75, 3.05) is 32.7 Å². The van der Waals surface area contributed by atoms with Crippen LogP contribution in [0.4, 0.5) is 13.2 Å². The lowest BCUT2D eigenvalue weighted by atomic mass is 10.1. The van der Waals surface area contributed by atoms with Gasteiger partial charge in [-0.1, -0.05) is 0 Å². The molecule has 2 aliphatic rings. The topological polar surface area (TPSA) is 35.6 Å². The van der Waals surface area contributed by atoms with Crippen molar-refractivity contribution in [2.45, 2.75) is 44.4 Å². The molecule has 2 fully saturated rings. The van der Waals surface area contributed by atoms with Crippen molar-refractivity contribution in [2.24, 2.45) is 0 Å². The highest BCUT2D eigenvalue weighted by Gasteiger charge is 2.41. The van der Waals surface area contributed by atoms with Gasteiger partial charge >= 0.3 is 6.18 Å². The summed E-state index contributed by atoms with van der Waals surface area (Å²) in [5.41, 5.74) is 0. The SMILES string of the molecule is CC(N1CCN(C(=O)CC2CCCN2)CC1)C(F)(F)F.Cl.Cl. The first kappa shape index (κ1) is 21.8. The molecule has 0 radical (unpaired) electrons. The fourth-order valence-electron chi connectivity index (χ4n) is 2.84. The summed E-state index contributed by atoms with van der Waals surface area (Å²) in [7, 11) is 0. The Kier molecular flexibility index (Phi) is 9.05. The number of rotatable bonds is 3. The Bertz CT molecular complexity index is 344. The van der Waals surface area contributed by atoms with E-state index in [2.05, 4.69) is 5.32 Å². The molecule has 0 bridgehead atoms. The summed E-state index contributed by atoms with van der Waals surface area (Å²) in [6, 6.07) is -1.19. The first-order valence-electron chi connectivity index (χ1n) is 7.20. The zero-order valence-electron chi connectivity index (χ0n) is 12.6. The number of nitrogens with one attached hydrogen (secondary N) is 1. The molecule has 9 heteroatoms. The summed E-state index contributed by atoms with van der Waals surface area (Å²) < 4.78 is 37.9. The number of nitrogens with zero attached hydrogens (tertiary/aromatic N) is 2. The number of halogens is 5. The minimum absolute atomic E-state index is 0. The fourth-order valence-corrected chi connectivity index (χ4v) is 2.84. The van der Waals surface area contributed by atoms with Crippen LogP contribution in [0.1, 0.15) is 26.2 Å². The van der Waals surface area contributed by atoms with Crippen LogP contribution in [0, 0.1) is 0 Å². The van der Waals surface area contributed by atoms with E-state index in [0.29, 0.717) is 32.6 Å². The number of alkyl halides is 3. The van der Waals surface area contributed by atoms with Crippen LogP contribution in [-0.4, -0.2) is 66.7 Å². The highest BCUT2D eigenvalue weighted by Crippen LogP contribution is 2.25. The van der Waals surface area contributed by atoms with Crippen LogP contribution in [0.2, 0.25) is 0 Å². The van der Waals surface area contributed by atoms with E-state index in [-0.39, 0.29) is 36.8 Å². The van der Waals surface area contributed by atoms with Crippen molar-refractivity contribution < 1.29 is 18.0 Å². The molecule has 22 heavy (non-hydrogen) atoms. The Morgan fingerprint density at radius 3 is 2.27 bits per heavy atom. The van der Waals surface area contributed by atoms with Gasteiger partial charge < -0.3 is 10.2 Å². The monoisotopic (exact) mass is 365 g/mol. The zero-order valence-corrected chi connectivity index (χ0v) is 14.2. The van der Waals surface area contributed by atoms with Crippen LogP contribution < -0.4 is 5.32 Å². The second kappa shape index (κ2) is 9.15. The molecule has 2 rings (SSSR count). The third-order valence-corrected chi connectivity index (χ3v) is 4.27. The van der Waals surface area contributed by atoms with Gasteiger partial charge in [-0.05, 0) is 26.3 Å². The average Bonchev–Trinajstić information content (AvgIpc) is 2.90. The summed E-state index contributed by atoms with van der Waals surface area (Å²) in [6.45, 7) is 3.52. The van der Waals surface area contributed by atoms with Crippen LogP contribution >= 0.6 is 24.8 Å². The normalized spacial score (nSPS) is 24.4. The van der Waals surface area contributed by atoms with Crippen molar-refractivity contribution in [1.82, 2.24) is 15.1 Å². The van der Waals surface area contributed by atoms with Gasteiger partial charge in [0, 0.05) is 38.6 Å². The third kappa shape index (κ3) is 5.76. The van der Waals surface area contributed by atoms with Crippen LogP contribution in [0.15, 0.2) is 0 Å². The summed E-state index contributed by atoms with van der Waals surface area (Å²) in [5.74, 6) is 0.0590. The maximum Gasteiger partial charge on any atom is 0.403 e. The molecule has 2 saturated heterocycles. The molecule has 4 nitrogen and oxygen atoms in total. The smallest absolute Gasteiger partial charge is 0.340 e. The van der Waals surface area contributed by atoms with Gasteiger partial charge in [-0.25, -0.2) is 0 Å². The highest BCUT2D eigenvalue weighted by atomic mass is 35.5. The van der Waals surface area contributed by atoms with Crippen molar-refractivity contribution in [1.29, 1.82) is 0 Å². The van der Waals surface area contributed by atoms with Crippen LogP contribution in [-0.2, 0) is 4.79 Å². The minimum atomic E-state index is -4.19. The molecule has 1 N–H and O–H groups in total. The van der Waals surface area contributed by atoms with E-state index in [4.69, 9.17) is 0 Å². The molecule has 0 aromatic carbocycles.